The van der Waals surface area contributed by atoms with Crippen LogP contribution in [0.3, 0.4) is 0 Å². The van der Waals surface area contributed by atoms with Crippen molar-refractivity contribution < 1.29 is 9.59 Å². The summed E-state index contributed by atoms with van der Waals surface area (Å²) in [6, 6.07) is 7.03. The lowest BCUT2D eigenvalue weighted by Crippen LogP contribution is -2.48. The van der Waals surface area contributed by atoms with E-state index in [1.807, 2.05) is 28.5 Å². The summed E-state index contributed by atoms with van der Waals surface area (Å²) < 4.78 is 1.10. The lowest BCUT2D eigenvalue weighted by molar-refractivity contribution is -0.118. The lowest BCUT2D eigenvalue weighted by Gasteiger charge is -2.27. The van der Waals surface area contributed by atoms with E-state index in [1.165, 1.54) is 6.42 Å². The number of carbonyl (C=O) groups is 2. The molecule has 26 heavy (non-hydrogen) atoms. The molecule has 3 atom stereocenters. The van der Waals surface area contributed by atoms with Crippen molar-refractivity contribution in [3.8, 4) is 0 Å². The average molecular weight is 370 g/mol. The minimum absolute atomic E-state index is 0.0185. The largest absolute Gasteiger partial charge is 0.348 e. The van der Waals surface area contributed by atoms with Crippen molar-refractivity contribution in [1.29, 1.82) is 0 Å². The van der Waals surface area contributed by atoms with E-state index in [-0.39, 0.29) is 17.9 Å². The van der Waals surface area contributed by atoms with E-state index in [9.17, 15) is 9.59 Å². The fourth-order valence-corrected chi connectivity index (χ4v) is 5.39. The molecule has 3 aliphatic heterocycles. The predicted molar refractivity (Wildman–Crippen MR) is 103 cm³/mol. The molecule has 2 aromatic rings. The van der Waals surface area contributed by atoms with Crippen molar-refractivity contribution in [3.05, 3.63) is 29.1 Å². The Hall–Kier alpha value is -1.96. The number of carbonyl (C=O) groups excluding carboxylic acids is 2. The molecule has 3 N–H and O–H groups in total. The fourth-order valence-electron chi connectivity index (χ4n) is 4.46. The summed E-state index contributed by atoms with van der Waals surface area (Å²) in [5, 5.41) is 12.9. The van der Waals surface area contributed by atoms with Crippen molar-refractivity contribution in [2.24, 2.45) is 0 Å². The molecule has 1 aromatic carbocycles. The van der Waals surface area contributed by atoms with Crippen LogP contribution in [0.15, 0.2) is 23.6 Å². The molecule has 0 saturated carbocycles. The molecular weight excluding hydrogens is 348 g/mol. The average Bonchev–Trinajstić information content (AvgIpc) is 3.37. The first-order valence-corrected chi connectivity index (χ1v) is 10.2. The van der Waals surface area contributed by atoms with Gasteiger partial charge in [0.2, 0.25) is 5.91 Å². The van der Waals surface area contributed by atoms with Crippen molar-refractivity contribution in [2.45, 2.75) is 37.4 Å². The quantitative estimate of drug-likeness (QED) is 0.765. The number of anilines is 1. The number of nitrogens with zero attached hydrogens (tertiary/aromatic N) is 1. The molecule has 6 nitrogen and oxygen atoms in total. The SMILES string of the molecule is O=C(N[C@@H]1C[C@H]2CC[C@@H]1N2)c1ccc2scc(N3CCNCC3=O)c2c1. The number of fused-ring (bicyclic) bond motifs is 3. The Morgan fingerprint density at radius 2 is 2.23 bits per heavy atom. The summed E-state index contributed by atoms with van der Waals surface area (Å²) in [6.07, 6.45) is 3.39. The van der Waals surface area contributed by atoms with Gasteiger partial charge in [0.1, 0.15) is 0 Å². The summed E-state index contributed by atoms with van der Waals surface area (Å²) >= 11 is 1.62. The minimum atomic E-state index is -0.0185. The van der Waals surface area contributed by atoms with Gasteiger partial charge in [0.15, 0.2) is 0 Å². The van der Waals surface area contributed by atoms with Crippen molar-refractivity contribution in [3.63, 3.8) is 0 Å². The zero-order valence-electron chi connectivity index (χ0n) is 14.5. The standard InChI is InChI=1S/C19H22N4O2S/c24-18-9-20-5-6-23(18)16-10-26-17-4-1-11(7-13(16)17)19(25)22-15-8-12-2-3-14(15)21-12/h1,4,7,10,12,14-15,20-21H,2-3,5-6,8-9H2,(H,22,25)/t12-,14+,15-/m1/s1. The molecule has 136 valence electrons. The van der Waals surface area contributed by atoms with Gasteiger partial charge in [0.25, 0.3) is 5.91 Å². The zero-order chi connectivity index (χ0) is 17.7. The van der Waals surface area contributed by atoms with Gasteiger partial charge in [-0.25, -0.2) is 0 Å². The fraction of sp³-hybridized carbons (Fsp3) is 0.474. The highest BCUT2D eigenvalue weighted by Gasteiger charge is 2.39. The summed E-state index contributed by atoms with van der Waals surface area (Å²) in [5.41, 5.74) is 1.59. The van der Waals surface area contributed by atoms with Crippen LogP contribution >= 0.6 is 11.3 Å². The molecule has 2 amide bonds. The van der Waals surface area contributed by atoms with Crippen LogP contribution in [0.1, 0.15) is 29.6 Å². The molecule has 0 aliphatic carbocycles. The molecule has 3 saturated heterocycles. The number of hydrogen-bond acceptors (Lipinski definition) is 5. The Morgan fingerprint density at radius 1 is 1.31 bits per heavy atom. The number of hydrogen-bond donors (Lipinski definition) is 3. The Bertz CT molecular complexity index is 880. The molecule has 7 heteroatoms. The first-order chi connectivity index (χ1) is 12.7. The molecular formula is C19H22N4O2S. The van der Waals surface area contributed by atoms with Crippen LogP contribution in [-0.2, 0) is 4.79 Å². The highest BCUT2D eigenvalue weighted by Crippen LogP contribution is 2.34. The van der Waals surface area contributed by atoms with Gasteiger partial charge in [-0.15, -0.1) is 11.3 Å². The number of piperazine rings is 1. The van der Waals surface area contributed by atoms with E-state index in [1.54, 1.807) is 11.3 Å². The van der Waals surface area contributed by atoms with E-state index in [4.69, 9.17) is 0 Å². The lowest BCUT2D eigenvalue weighted by atomic mass is 9.95. The van der Waals surface area contributed by atoms with Gasteiger partial charge in [-0.05, 0) is 37.5 Å². The Morgan fingerprint density at radius 3 is 3.00 bits per heavy atom. The second-order valence-electron chi connectivity index (χ2n) is 7.42. The molecule has 0 unspecified atom stereocenters. The monoisotopic (exact) mass is 370 g/mol. The molecule has 0 radical (unpaired) electrons. The van der Waals surface area contributed by atoms with E-state index < -0.39 is 0 Å². The molecule has 3 fully saturated rings. The first kappa shape index (κ1) is 16.2. The summed E-state index contributed by atoms with van der Waals surface area (Å²) in [4.78, 5) is 26.8. The van der Waals surface area contributed by atoms with Gasteiger partial charge >= 0.3 is 0 Å². The van der Waals surface area contributed by atoms with Gasteiger partial charge in [-0.3, -0.25) is 9.59 Å². The van der Waals surface area contributed by atoms with Crippen molar-refractivity contribution in [2.75, 3.05) is 24.5 Å². The van der Waals surface area contributed by atoms with E-state index >= 15 is 0 Å². The second-order valence-corrected chi connectivity index (χ2v) is 8.33. The van der Waals surface area contributed by atoms with Crippen LogP contribution in [-0.4, -0.2) is 49.6 Å². The van der Waals surface area contributed by atoms with Gasteiger partial charge in [-0.2, -0.15) is 0 Å². The van der Waals surface area contributed by atoms with Crippen LogP contribution in [0.5, 0.6) is 0 Å². The maximum Gasteiger partial charge on any atom is 0.251 e. The maximum absolute atomic E-state index is 12.8. The van der Waals surface area contributed by atoms with E-state index in [0.717, 1.165) is 35.2 Å². The minimum Gasteiger partial charge on any atom is -0.348 e. The van der Waals surface area contributed by atoms with Crippen molar-refractivity contribution in [1.82, 2.24) is 16.0 Å². The third kappa shape index (κ3) is 2.71. The molecule has 2 bridgehead atoms. The topological polar surface area (TPSA) is 73.5 Å². The molecule has 3 aliphatic rings. The smallest absolute Gasteiger partial charge is 0.251 e. The molecule has 5 rings (SSSR count). The maximum atomic E-state index is 12.8. The van der Waals surface area contributed by atoms with Gasteiger partial charge in [-0.1, -0.05) is 0 Å². The van der Waals surface area contributed by atoms with Crippen LogP contribution in [0.4, 0.5) is 5.69 Å². The zero-order valence-corrected chi connectivity index (χ0v) is 15.3. The summed E-state index contributed by atoms with van der Waals surface area (Å²) in [7, 11) is 0. The highest BCUT2D eigenvalue weighted by molar-refractivity contribution is 7.17. The number of nitrogens with one attached hydrogen (secondary N) is 3. The number of benzene rings is 1. The van der Waals surface area contributed by atoms with Crippen molar-refractivity contribution >= 4 is 38.9 Å². The normalized spacial score (nSPS) is 28.1. The predicted octanol–water partition coefficient (Wildman–Crippen LogP) is 1.46. The molecule has 1 aromatic heterocycles. The molecule has 0 spiro atoms. The Labute approximate surface area is 155 Å². The third-order valence-corrected chi connectivity index (χ3v) is 6.76. The van der Waals surface area contributed by atoms with Gasteiger partial charge in [0, 0.05) is 52.2 Å². The van der Waals surface area contributed by atoms with Gasteiger partial charge in [0.05, 0.1) is 12.2 Å². The number of rotatable bonds is 3. The molecule has 4 heterocycles. The number of amides is 2. The van der Waals surface area contributed by atoms with Crippen LogP contribution < -0.4 is 20.9 Å². The highest BCUT2D eigenvalue weighted by atomic mass is 32.1. The summed E-state index contributed by atoms with van der Waals surface area (Å²) in [6.45, 7) is 1.83. The number of thiophene rings is 1. The second kappa shape index (κ2) is 6.33. The van der Waals surface area contributed by atoms with Crippen LogP contribution in [0, 0.1) is 0 Å². The van der Waals surface area contributed by atoms with E-state index in [0.29, 0.717) is 30.7 Å². The Kier molecular flexibility index (Phi) is 3.95. The van der Waals surface area contributed by atoms with Gasteiger partial charge < -0.3 is 20.9 Å². The van der Waals surface area contributed by atoms with Crippen LogP contribution in [0.2, 0.25) is 0 Å². The van der Waals surface area contributed by atoms with E-state index in [2.05, 4.69) is 16.0 Å². The van der Waals surface area contributed by atoms with Crippen LogP contribution in [0.25, 0.3) is 10.1 Å². The first-order valence-electron chi connectivity index (χ1n) is 9.28. The summed E-state index contributed by atoms with van der Waals surface area (Å²) in [5.74, 6) is 0.0638. The third-order valence-electron chi connectivity index (χ3n) is 5.81. The Balaban J connectivity index is 1.41.